The number of rotatable bonds is 4. The molecule has 2 aromatic carbocycles. The molecule has 9 nitrogen and oxygen atoms in total. The van der Waals surface area contributed by atoms with E-state index in [0.29, 0.717) is 44.3 Å². The van der Waals surface area contributed by atoms with E-state index in [0.717, 1.165) is 42.9 Å². The lowest BCUT2D eigenvalue weighted by Gasteiger charge is -2.41. The van der Waals surface area contributed by atoms with Gasteiger partial charge in [0.15, 0.2) is 0 Å². The van der Waals surface area contributed by atoms with Gasteiger partial charge in [-0.2, -0.15) is 5.26 Å². The Morgan fingerprint density at radius 1 is 1.03 bits per heavy atom. The van der Waals surface area contributed by atoms with Gasteiger partial charge in [0, 0.05) is 38.7 Å². The predicted molar refractivity (Wildman–Crippen MR) is 142 cm³/mol. The number of carbonyl (C=O) groups is 2. The van der Waals surface area contributed by atoms with Crippen molar-refractivity contribution in [3.63, 3.8) is 0 Å². The molecule has 9 heteroatoms. The molecule has 0 saturated carbocycles. The van der Waals surface area contributed by atoms with E-state index in [-0.39, 0.29) is 11.8 Å². The second-order valence-electron chi connectivity index (χ2n) is 10.4. The molecule has 2 aliphatic heterocycles. The highest BCUT2D eigenvalue weighted by atomic mass is 16.2. The third kappa shape index (κ3) is 6.09. The molecule has 1 spiro atoms. The standard InChI is InChI=1S/C29H33N7O2/c30-19-23-8-4-9-24(16-23)20-35-14-10-29(11-15-35)18-25-21-36(34-33-25)13-5-12-31-27(37)26(32-28(29)38)17-22-6-2-1-3-7-22/h1-4,6-9,16,21,26H,5,10-15,17-18,20H2,(H,31,37)(H,32,38)/t26-/m0/s1. The summed E-state index contributed by atoms with van der Waals surface area (Å²) in [5.74, 6) is -0.265. The van der Waals surface area contributed by atoms with Crippen LogP contribution < -0.4 is 10.6 Å². The smallest absolute Gasteiger partial charge is 0.242 e. The average molecular weight is 512 g/mol. The molecule has 1 fully saturated rings. The summed E-state index contributed by atoms with van der Waals surface area (Å²) in [6.07, 6.45) is 4.86. The number of hydrogen-bond acceptors (Lipinski definition) is 6. The van der Waals surface area contributed by atoms with Crippen LogP contribution in [0.4, 0.5) is 0 Å². The first kappa shape index (κ1) is 25.6. The molecular formula is C29H33N7O2. The molecule has 1 saturated heterocycles. The van der Waals surface area contributed by atoms with E-state index in [9.17, 15) is 14.9 Å². The normalized spacial score (nSPS) is 20.3. The maximum Gasteiger partial charge on any atom is 0.242 e. The number of aromatic nitrogens is 3. The summed E-state index contributed by atoms with van der Waals surface area (Å²) in [4.78, 5) is 29.5. The van der Waals surface area contributed by atoms with Crippen LogP contribution in [-0.2, 0) is 35.5 Å². The van der Waals surface area contributed by atoms with Gasteiger partial charge < -0.3 is 10.6 Å². The minimum atomic E-state index is -0.685. The van der Waals surface area contributed by atoms with Crippen LogP contribution in [-0.4, -0.2) is 57.4 Å². The Balaban J connectivity index is 1.36. The molecule has 38 heavy (non-hydrogen) atoms. The van der Waals surface area contributed by atoms with Gasteiger partial charge in [0.25, 0.3) is 0 Å². The van der Waals surface area contributed by atoms with Crippen LogP contribution in [0.25, 0.3) is 0 Å². The fourth-order valence-electron chi connectivity index (χ4n) is 5.44. The molecule has 3 aromatic rings. The lowest BCUT2D eigenvalue weighted by Crippen LogP contribution is -2.56. The van der Waals surface area contributed by atoms with Crippen LogP contribution in [0, 0.1) is 16.7 Å². The summed E-state index contributed by atoms with van der Waals surface area (Å²) < 4.78 is 1.80. The van der Waals surface area contributed by atoms with Gasteiger partial charge in [-0.15, -0.1) is 5.10 Å². The number of hydrogen-bond donors (Lipinski definition) is 2. The van der Waals surface area contributed by atoms with E-state index in [1.165, 1.54) is 0 Å². The molecule has 2 bridgehead atoms. The molecule has 2 N–H and O–H groups in total. The second kappa shape index (κ2) is 11.6. The predicted octanol–water partition coefficient (Wildman–Crippen LogP) is 2.22. The van der Waals surface area contributed by atoms with E-state index in [1.54, 1.807) is 10.7 Å². The summed E-state index contributed by atoms with van der Waals surface area (Å²) in [5, 5.41) is 24.0. The lowest BCUT2D eigenvalue weighted by molar-refractivity contribution is -0.137. The van der Waals surface area contributed by atoms with Gasteiger partial charge in [0.05, 0.1) is 22.7 Å². The first-order chi connectivity index (χ1) is 18.5. The van der Waals surface area contributed by atoms with Gasteiger partial charge in [0.1, 0.15) is 6.04 Å². The van der Waals surface area contributed by atoms with E-state index in [2.05, 4.69) is 31.9 Å². The number of nitriles is 1. The van der Waals surface area contributed by atoms with Crippen molar-refractivity contribution in [1.82, 2.24) is 30.5 Å². The van der Waals surface area contributed by atoms with Gasteiger partial charge in [-0.1, -0.05) is 47.7 Å². The molecule has 5 rings (SSSR count). The van der Waals surface area contributed by atoms with Gasteiger partial charge in [-0.3, -0.25) is 19.2 Å². The Morgan fingerprint density at radius 3 is 2.61 bits per heavy atom. The van der Waals surface area contributed by atoms with E-state index >= 15 is 0 Å². The number of benzene rings is 2. The number of carbonyl (C=O) groups excluding carboxylic acids is 2. The highest BCUT2D eigenvalue weighted by molar-refractivity contribution is 5.90. The van der Waals surface area contributed by atoms with Crippen molar-refractivity contribution in [2.24, 2.45) is 5.41 Å². The SMILES string of the molecule is N#Cc1cccc(CN2CCC3(CC2)Cc2cn(nn2)CCCNC(=O)[C@H](Cc2ccccc2)NC3=O)c1. The minimum absolute atomic E-state index is 0.103. The number of amides is 2. The number of likely N-dealkylation sites (tertiary alicyclic amines) is 1. The van der Waals surface area contributed by atoms with Crippen molar-refractivity contribution < 1.29 is 9.59 Å². The number of piperidine rings is 1. The Labute approximate surface area is 222 Å². The number of nitrogens with zero attached hydrogens (tertiary/aromatic N) is 5. The molecule has 0 radical (unpaired) electrons. The maximum atomic E-state index is 14.0. The molecule has 1 atom stereocenters. The number of fused-ring (bicyclic) bond motifs is 2. The largest absolute Gasteiger partial charge is 0.354 e. The van der Waals surface area contributed by atoms with Crippen LogP contribution in [0.2, 0.25) is 0 Å². The Morgan fingerprint density at radius 2 is 1.82 bits per heavy atom. The van der Waals surface area contributed by atoms with Crippen LogP contribution >= 0.6 is 0 Å². The first-order valence-corrected chi connectivity index (χ1v) is 13.3. The van der Waals surface area contributed by atoms with Crippen molar-refractivity contribution in [2.45, 2.75) is 51.2 Å². The monoisotopic (exact) mass is 511 g/mol. The fraction of sp³-hybridized carbons (Fsp3) is 0.414. The molecule has 0 aliphatic carbocycles. The number of nitrogens with one attached hydrogen (secondary N) is 2. The summed E-state index contributed by atoms with van der Waals surface area (Å²) >= 11 is 0. The molecule has 0 unspecified atom stereocenters. The van der Waals surface area contributed by atoms with Crippen molar-refractivity contribution in [2.75, 3.05) is 19.6 Å². The zero-order chi connectivity index (χ0) is 26.4. The third-order valence-electron chi connectivity index (χ3n) is 7.63. The Kier molecular flexibility index (Phi) is 7.80. The summed E-state index contributed by atoms with van der Waals surface area (Å²) in [6, 6.07) is 19.0. The minimum Gasteiger partial charge on any atom is -0.354 e. The van der Waals surface area contributed by atoms with Crippen LogP contribution in [0.3, 0.4) is 0 Å². The highest BCUT2D eigenvalue weighted by Crippen LogP contribution is 2.36. The lowest BCUT2D eigenvalue weighted by atomic mass is 9.73. The van der Waals surface area contributed by atoms with Gasteiger partial charge in [-0.25, -0.2) is 0 Å². The molecule has 3 heterocycles. The van der Waals surface area contributed by atoms with Crippen molar-refractivity contribution in [3.8, 4) is 6.07 Å². The van der Waals surface area contributed by atoms with Crippen molar-refractivity contribution in [3.05, 3.63) is 83.2 Å². The molecular weight excluding hydrogens is 478 g/mol. The van der Waals surface area contributed by atoms with Crippen molar-refractivity contribution in [1.29, 1.82) is 5.26 Å². The van der Waals surface area contributed by atoms with E-state index < -0.39 is 11.5 Å². The Bertz CT molecular complexity index is 1310. The quantitative estimate of drug-likeness (QED) is 0.555. The third-order valence-corrected chi connectivity index (χ3v) is 7.63. The van der Waals surface area contributed by atoms with E-state index in [4.69, 9.17) is 0 Å². The molecule has 2 aliphatic rings. The van der Waals surface area contributed by atoms with Crippen LogP contribution in [0.5, 0.6) is 0 Å². The first-order valence-electron chi connectivity index (χ1n) is 13.3. The van der Waals surface area contributed by atoms with Gasteiger partial charge in [-0.05, 0) is 55.6 Å². The molecule has 1 aromatic heterocycles. The van der Waals surface area contributed by atoms with Crippen molar-refractivity contribution >= 4 is 11.8 Å². The van der Waals surface area contributed by atoms with Crippen LogP contribution in [0.1, 0.15) is 41.6 Å². The van der Waals surface area contributed by atoms with Gasteiger partial charge >= 0.3 is 0 Å². The van der Waals surface area contributed by atoms with Gasteiger partial charge in [0.2, 0.25) is 11.8 Å². The molecule has 196 valence electrons. The summed E-state index contributed by atoms with van der Waals surface area (Å²) in [7, 11) is 0. The average Bonchev–Trinajstić information content (AvgIpc) is 3.39. The zero-order valence-electron chi connectivity index (χ0n) is 21.5. The molecule has 2 amide bonds. The fourth-order valence-corrected chi connectivity index (χ4v) is 5.44. The second-order valence-corrected chi connectivity index (χ2v) is 10.4. The zero-order valence-corrected chi connectivity index (χ0v) is 21.5. The maximum absolute atomic E-state index is 14.0. The van der Waals surface area contributed by atoms with E-state index in [1.807, 2.05) is 54.7 Å². The summed E-state index contributed by atoms with van der Waals surface area (Å²) in [5.41, 5.74) is 2.85. The topological polar surface area (TPSA) is 116 Å². The Hall–Kier alpha value is -4.03. The summed E-state index contributed by atoms with van der Waals surface area (Å²) in [6.45, 7) is 3.34. The number of aryl methyl sites for hydroxylation is 1. The highest BCUT2D eigenvalue weighted by Gasteiger charge is 2.43. The van der Waals surface area contributed by atoms with Crippen LogP contribution in [0.15, 0.2) is 60.8 Å².